The number of nitrogens with one attached hydrogen (secondary N) is 1. The van der Waals surface area contributed by atoms with Crippen LogP contribution in [-0.4, -0.2) is 6.54 Å². The minimum atomic E-state index is -0.137. The van der Waals surface area contributed by atoms with E-state index in [1.54, 1.807) is 12.1 Å². The number of hydrogen-bond donors (Lipinski definition) is 1. The van der Waals surface area contributed by atoms with E-state index in [9.17, 15) is 4.39 Å². The zero-order chi connectivity index (χ0) is 13.0. The summed E-state index contributed by atoms with van der Waals surface area (Å²) in [5, 5.41) is 3.61. The second kappa shape index (κ2) is 6.33. The Balaban J connectivity index is 1.89. The standard InChI is InChI=1S/C16H24FN/c1-3-16(14-5-4-6-15(17)10-14)18-11-13-8-7-12(2)9-13/h4-6,10,12-13,16,18H,3,7-9,11H2,1-2H3. The molecule has 1 aromatic carbocycles. The number of halogens is 1. The predicted octanol–water partition coefficient (Wildman–Crippen LogP) is 4.30. The quantitative estimate of drug-likeness (QED) is 0.820. The molecule has 1 aliphatic rings. The van der Waals surface area contributed by atoms with Gasteiger partial charge < -0.3 is 5.32 Å². The molecular weight excluding hydrogens is 225 g/mol. The van der Waals surface area contributed by atoms with E-state index in [-0.39, 0.29) is 11.9 Å². The topological polar surface area (TPSA) is 12.0 Å². The van der Waals surface area contributed by atoms with Crippen LogP contribution in [0.3, 0.4) is 0 Å². The summed E-state index contributed by atoms with van der Waals surface area (Å²) < 4.78 is 13.2. The molecule has 18 heavy (non-hydrogen) atoms. The van der Waals surface area contributed by atoms with Crippen molar-refractivity contribution in [1.82, 2.24) is 5.32 Å². The molecule has 0 heterocycles. The van der Waals surface area contributed by atoms with Gasteiger partial charge in [-0.3, -0.25) is 0 Å². The fourth-order valence-corrected chi connectivity index (χ4v) is 3.04. The summed E-state index contributed by atoms with van der Waals surface area (Å²) in [6.07, 6.45) is 5.05. The molecular formula is C16H24FN. The lowest BCUT2D eigenvalue weighted by atomic mass is 10.0. The normalized spacial score (nSPS) is 25.3. The van der Waals surface area contributed by atoms with Crippen LogP contribution in [0.2, 0.25) is 0 Å². The van der Waals surface area contributed by atoms with Gasteiger partial charge in [-0.2, -0.15) is 0 Å². The second-order valence-corrected chi connectivity index (χ2v) is 5.71. The number of benzene rings is 1. The van der Waals surface area contributed by atoms with Gasteiger partial charge in [-0.15, -0.1) is 0 Å². The van der Waals surface area contributed by atoms with Crippen molar-refractivity contribution in [3.63, 3.8) is 0 Å². The van der Waals surface area contributed by atoms with E-state index >= 15 is 0 Å². The minimum absolute atomic E-state index is 0.137. The Morgan fingerprint density at radius 2 is 2.22 bits per heavy atom. The largest absolute Gasteiger partial charge is 0.310 e. The second-order valence-electron chi connectivity index (χ2n) is 5.71. The SMILES string of the molecule is CCC(NCC1CCC(C)C1)c1cccc(F)c1. The molecule has 1 aliphatic carbocycles. The average Bonchev–Trinajstić information content (AvgIpc) is 2.76. The highest BCUT2D eigenvalue weighted by atomic mass is 19.1. The molecule has 1 aromatic rings. The van der Waals surface area contributed by atoms with Crippen molar-refractivity contribution in [3.8, 4) is 0 Å². The molecule has 3 unspecified atom stereocenters. The van der Waals surface area contributed by atoms with Crippen LogP contribution in [0.15, 0.2) is 24.3 Å². The van der Waals surface area contributed by atoms with Gasteiger partial charge in [0, 0.05) is 6.04 Å². The Kier molecular flexibility index (Phi) is 4.76. The Morgan fingerprint density at radius 1 is 1.39 bits per heavy atom. The third-order valence-electron chi connectivity index (χ3n) is 4.12. The first-order chi connectivity index (χ1) is 8.69. The van der Waals surface area contributed by atoms with Gasteiger partial charge >= 0.3 is 0 Å². The zero-order valence-electron chi connectivity index (χ0n) is 11.5. The fourth-order valence-electron chi connectivity index (χ4n) is 3.04. The van der Waals surface area contributed by atoms with Crippen LogP contribution >= 0.6 is 0 Å². The van der Waals surface area contributed by atoms with Crippen molar-refractivity contribution < 1.29 is 4.39 Å². The van der Waals surface area contributed by atoms with Gasteiger partial charge in [-0.25, -0.2) is 4.39 Å². The molecule has 0 saturated heterocycles. The third kappa shape index (κ3) is 3.55. The van der Waals surface area contributed by atoms with Gasteiger partial charge in [0.2, 0.25) is 0 Å². The summed E-state index contributed by atoms with van der Waals surface area (Å²) in [7, 11) is 0. The molecule has 100 valence electrons. The van der Waals surface area contributed by atoms with Crippen molar-refractivity contribution in [2.75, 3.05) is 6.54 Å². The summed E-state index contributed by atoms with van der Waals surface area (Å²) >= 11 is 0. The molecule has 0 aromatic heterocycles. The van der Waals surface area contributed by atoms with Gasteiger partial charge in [0.05, 0.1) is 0 Å². The monoisotopic (exact) mass is 249 g/mol. The molecule has 3 atom stereocenters. The molecule has 0 radical (unpaired) electrons. The van der Waals surface area contributed by atoms with Crippen LogP contribution < -0.4 is 5.32 Å². The number of rotatable bonds is 5. The van der Waals surface area contributed by atoms with Crippen molar-refractivity contribution in [2.24, 2.45) is 11.8 Å². The summed E-state index contributed by atoms with van der Waals surface area (Å²) in [6, 6.07) is 7.26. The summed E-state index contributed by atoms with van der Waals surface area (Å²) in [4.78, 5) is 0. The Labute approximate surface area is 110 Å². The van der Waals surface area contributed by atoms with Gasteiger partial charge in [-0.05, 0) is 55.3 Å². The van der Waals surface area contributed by atoms with E-state index in [0.717, 1.165) is 30.4 Å². The zero-order valence-corrected chi connectivity index (χ0v) is 11.5. The van der Waals surface area contributed by atoms with E-state index in [2.05, 4.69) is 19.2 Å². The lowest BCUT2D eigenvalue weighted by molar-refractivity contribution is 0.421. The lowest BCUT2D eigenvalue weighted by Gasteiger charge is -2.20. The van der Waals surface area contributed by atoms with E-state index in [0.29, 0.717) is 0 Å². The van der Waals surface area contributed by atoms with Gasteiger partial charge in [0.25, 0.3) is 0 Å². The van der Waals surface area contributed by atoms with Crippen LogP contribution in [-0.2, 0) is 0 Å². The smallest absolute Gasteiger partial charge is 0.123 e. The Bertz CT molecular complexity index is 377. The highest BCUT2D eigenvalue weighted by Crippen LogP contribution is 2.30. The van der Waals surface area contributed by atoms with Crippen LogP contribution in [0, 0.1) is 17.7 Å². The highest BCUT2D eigenvalue weighted by molar-refractivity contribution is 5.20. The van der Waals surface area contributed by atoms with Crippen LogP contribution in [0.5, 0.6) is 0 Å². The lowest BCUT2D eigenvalue weighted by Crippen LogP contribution is -2.26. The van der Waals surface area contributed by atoms with Gasteiger partial charge in [-0.1, -0.05) is 32.4 Å². The maximum absolute atomic E-state index is 13.2. The first-order valence-electron chi connectivity index (χ1n) is 7.18. The van der Waals surface area contributed by atoms with E-state index < -0.39 is 0 Å². The average molecular weight is 249 g/mol. The fraction of sp³-hybridized carbons (Fsp3) is 0.625. The van der Waals surface area contributed by atoms with Crippen LogP contribution in [0.4, 0.5) is 4.39 Å². The van der Waals surface area contributed by atoms with Crippen LogP contribution in [0.25, 0.3) is 0 Å². The molecule has 2 heteroatoms. The van der Waals surface area contributed by atoms with Crippen LogP contribution in [0.1, 0.15) is 51.1 Å². The highest BCUT2D eigenvalue weighted by Gasteiger charge is 2.22. The molecule has 1 nitrogen and oxygen atoms in total. The Morgan fingerprint density at radius 3 is 2.83 bits per heavy atom. The van der Waals surface area contributed by atoms with E-state index in [4.69, 9.17) is 0 Å². The third-order valence-corrected chi connectivity index (χ3v) is 4.12. The van der Waals surface area contributed by atoms with Gasteiger partial charge in [0.15, 0.2) is 0 Å². The number of hydrogen-bond acceptors (Lipinski definition) is 1. The molecule has 1 saturated carbocycles. The molecule has 0 bridgehead atoms. The molecule has 0 spiro atoms. The first-order valence-corrected chi connectivity index (χ1v) is 7.18. The van der Waals surface area contributed by atoms with E-state index in [1.807, 2.05) is 6.07 Å². The first kappa shape index (κ1) is 13.5. The van der Waals surface area contributed by atoms with Crippen molar-refractivity contribution in [3.05, 3.63) is 35.6 Å². The molecule has 2 rings (SSSR count). The van der Waals surface area contributed by atoms with Crippen molar-refractivity contribution in [1.29, 1.82) is 0 Å². The maximum atomic E-state index is 13.2. The molecule has 0 amide bonds. The maximum Gasteiger partial charge on any atom is 0.123 e. The minimum Gasteiger partial charge on any atom is -0.310 e. The summed E-state index contributed by atoms with van der Waals surface area (Å²) in [5.41, 5.74) is 1.07. The van der Waals surface area contributed by atoms with Crippen molar-refractivity contribution >= 4 is 0 Å². The molecule has 0 aliphatic heterocycles. The van der Waals surface area contributed by atoms with Gasteiger partial charge in [0.1, 0.15) is 5.82 Å². The molecule has 1 fully saturated rings. The molecule has 1 N–H and O–H groups in total. The predicted molar refractivity (Wildman–Crippen MR) is 73.9 cm³/mol. The van der Waals surface area contributed by atoms with Crippen molar-refractivity contribution in [2.45, 2.75) is 45.6 Å². The van der Waals surface area contributed by atoms with E-state index in [1.165, 1.54) is 25.3 Å². The summed E-state index contributed by atoms with van der Waals surface area (Å²) in [6.45, 7) is 5.56. The Hall–Kier alpha value is -0.890. The summed E-state index contributed by atoms with van der Waals surface area (Å²) in [5.74, 6) is 1.55.